The summed E-state index contributed by atoms with van der Waals surface area (Å²) in [4.78, 5) is 21.7. The fourth-order valence-electron chi connectivity index (χ4n) is 3.07. The number of halogens is 1. The summed E-state index contributed by atoms with van der Waals surface area (Å²) in [5.74, 6) is 0.857. The van der Waals surface area contributed by atoms with Gasteiger partial charge in [0.1, 0.15) is 11.5 Å². The van der Waals surface area contributed by atoms with Crippen molar-refractivity contribution in [2.75, 3.05) is 0 Å². The van der Waals surface area contributed by atoms with Crippen molar-refractivity contribution < 1.29 is 19.4 Å². The highest BCUT2D eigenvalue weighted by molar-refractivity contribution is 6.63. The Balaban J connectivity index is 0.000000544. The van der Waals surface area contributed by atoms with Crippen molar-refractivity contribution in [2.24, 2.45) is 0 Å². The van der Waals surface area contributed by atoms with Gasteiger partial charge in [-0.15, -0.1) is 0 Å². The van der Waals surface area contributed by atoms with Gasteiger partial charge in [-0.25, -0.2) is 0 Å². The summed E-state index contributed by atoms with van der Waals surface area (Å²) in [5.41, 5.74) is 2.34. The molecule has 0 aromatic heterocycles. The van der Waals surface area contributed by atoms with Crippen molar-refractivity contribution in [2.45, 2.75) is 105 Å². The maximum Gasteiger partial charge on any atom is 0.311 e. The molecule has 1 N–H and O–H groups in total. The monoisotopic (exact) mass is 504 g/mol. The van der Waals surface area contributed by atoms with Crippen LogP contribution in [0.1, 0.15) is 102 Å². The number of esters is 1. The third-order valence-electron chi connectivity index (χ3n) is 5.25. The lowest BCUT2D eigenvalue weighted by molar-refractivity contribution is -0.134. The van der Waals surface area contributed by atoms with Gasteiger partial charge in [-0.05, 0) is 62.6 Å². The Kier molecular flexibility index (Phi) is 20.7. The number of aromatic hydroxyl groups is 1. The number of carbonyl (C=O) groups excluding carboxylic acids is 2. The van der Waals surface area contributed by atoms with Crippen LogP contribution < -0.4 is 4.74 Å². The minimum absolute atomic E-state index is 0.120. The first-order valence-corrected chi connectivity index (χ1v) is 13.4. The van der Waals surface area contributed by atoms with Crippen LogP contribution in [-0.2, 0) is 9.59 Å². The summed E-state index contributed by atoms with van der Waals surface area (Å²) < 4.78 is 5.24. The molecule has 2 rings (SSSR count). The molecule has 0 amide bonds. The van der Waals surface area contributed by atoms with E-state index in [4.69, 9.17) is 21.4 Å². The van der Waals surface area contributed by atoms with Crippen molar-refractivity contribution in [3.8, 4) is 11.5 Å². The van der Waals surface area contributed by atoms with Gasteiger partial charge in [0.05, 0.1) is 0 Å². The van der Waals surface area contributed by atoms with Crippen LogP contribution in [-0.4, -0.2) is 16.3 Å². The second kappa shape index (κ2) is 22.2. The van der Waals surface area contributed by atoms with Crippen LogP contribution >= 0.6 is 11.6 Å². The number of phenols is 1. The van der Waals surface area contributed by atoms with Gasteiger partial charge in [-0.2, -0.15) is 0 Å². The minimum Gasteiger partial charge on any atom is -0.508 e. The Labute approximate surface area is 218 Å². The Hall–Kier alpha value is -2.33. The molecule has 0 aliphatic heterocycles. The summed E-state index contributed by atoms with van der Waals surface area (Å²) >= 11 is 5.15. The number of benzene rings is 2. The van der Waals surface area contributed by atoms with E-state index in [0.29, 0.717) is 24.3 Å². The van der Waals surface area contributed by atoms with E-state index in [1.807, 2.05) is 50.2 Å². The molecule has 2 aromatic rings. The standard InChI is InChI=1S/C15H22O2.C8H15ClO.C7H8O/c1-3-4-5-6-7-8-15(16)17-14-11-9-13(2)10-12-14;1-2-3-4-5-6-7-8(9)10;1-6-2-4-7(8)5-3-6/h9-12H,3-8H2,1-2H3;2-7H2,1H3;2-5,8H,1H3. The van der Waals surface area contributed by atoms with E-state index in [2.05, 4.69) is 13.8 Å². The van der Waals surface area contributed by atoms with Crippen LogP contribution in [0.25, 0.3) is 0 Å². The predicted molar refractivity (Wildman–Crippen MR) is 147 cm³/mol. The first-order chi connectivity index (χ1) is 16.8. The molecule has 35 heavy (non-hydrogen) atoms. The second-order valence-corrected chi connectivity index (χ2v) is 9.23. The predicted octanol–water partition coefficient (Wildman–Crippen LogP) is 9.07. The molecule has 0 spiro atoms. The van der Waals surface area contributed by atoms with Crippen molar-refractivity contribution in [1.82, 2.24) is 0 Å². The van der Waals surface area contributed by atoms with Gasteiger partial charge in [0.2, 0.25) is 5.24 Å². The van der Waals surface area contributed by atoms with Gasteiger partial charge in [0.25, 0.3) is 0 Å². The van der Waals surface area contributed by atoms with E-state index in [0.717, 1.165) is 25.7 Å². The Bertz CT molecular complexity index is 764. The SMILES string of the molecule is CCCCCCCC(=O)Cl.CCCCCCCC(=O)Oc1ccc(C)cc1.Cc1ccc(O)cc1. The number of hydrogen-bond acceptors (Lipinski definition) is 4. The van der Waals surface area contributed by atoms with Crippen molar-refractivity contribution in [3.05, 3.63) is 59.7 Å². The third-order valence-corrected chi connectivity index (χ3v) is 5.44. The van der Waals surface area contributed by atoms with Gasteiger partial charge in [0, 0.05) is 12.8 Å². The summed E-state index contributed by atoms with van der Waals surface area (Å²) in [6, 6.07) is 14.7. The second-order valence-electron chi connectivity index (χ2n) is 8.81. The van der Waals surface area contributed by atoms with Crippen molar-refractivity contribution in [1.29, 1.82) is 0 Å². The molecule has 0 aliphatic carbocycles. The first kappa shape index (κ1) is 32.7. The molecule has 0 unspecified atom stereocenters. The van der Waals surface area contributed by atoms with Gasteiger partial charge in [0.15, 0.2) is 0 Å². The molecule has 0 radical (unpaired) electrons. The maximum atomic E-state index is 11.5. The van der Waals surface area contributed by atoms with Crippen LogP contribution in [0.2, 0.25) is 0 Å². The molecule has 0 saturated carbocycles. The smallest absolute Gasteiger partial charge is 0.311 e. The number of aryl methyl sites for hydroxylation is 2. The summed E-state index contributed by atoms with van der Waals surface area (Å²) in [5, 5.41) is 8.56. The zero-order valence-electron chi connectivity index (χ0n) is 22.2. The largest absolute Gasteiger partial charge is 0.508 e. The van der Waals surface area contributed by atoms with E-state index < -0.39 is 0 Å². The molecule has 0 fully saturated rings. The molecule has 4 nitrogen and oxygen atoms in total. The van der Waals surface area contributed by atoms with Crippen LogP contribution in [0.15, 0.2) is 48.5 Å². The average molecular weight is 505 g/mol. The summed E-state index contributed by atoms with van der Waals surface area (Å²) in [6.07, 6.45) is 12.7. The molecular formula is C30H45ClO4. The number of hydrogen-bond donors (Lipinski definition) is 1. The Morgan fingerprint density at radius 1 is 0.686 bits per heavy atom. The molecule has 5 heteroatoms. The zero-order chi connectivity index (χ0) is 26.3. The van der Waals surface area contributed by atoms with Gasteiger partial charge < -0.3 is 9.84 Å². The lowest BCUT2D eigenvalue weighted by atomic mass is 10.1. The van der Waals surface area contributed by atoms with E-state index >= 15 is 0 Å². The number of ether oxygens (including phenoxy) is 1. The third kappa shape index (κ3) is 21.9. The average Bonchev–Trinajstić information content (AvgIpc) is 2.83. The molecular weight excluding hydrogens is 460 g/mol. The maximum absolute atomic E-state index is 11.5. The Morgan fingerprint density at radius 3 is 1.54 bits per heavy atom. The van der Waals surface area contributed by atoms with Crippen molar-refractivity contribution in [3.63, 3.8) is 0 Å². The fraction of sp³-hybridized carbons (Fsp3) is 0.533. The molecule has 196 valence electrons. The number of carbonyl (C=O) groups is 2. The molecule has 0 bridgehead atoms. The van der Waals surface area contributed by atoms with Crippen LogP contribution in [0.4, 0.5) is 0 Å². The summed E-state index contributed by atoms with van der Waals surface area (Å²) in [6.45, 7) is 8.36. The first-order valence-electron chi connectivity index (χ1n) is 13.0. The fourth-order valence-corrected chi connectivity index (χ4v) is 3.21. The molecule has 2 aromatic carbocycles. The van der Waals surface area contributed by atoms with Gasteiger partial charge in [-0.1, -0.05) is 101 Å². The highest BCUT2D eigenvalue weighted by Crippen LogP contribution is 2.13. The van der Waals surface area contributed by atoms with Gasteiger partial charge in [-0.3, -0.25) is 9.59 Å². The molecule has 0 atom stereocenters. The normalized spacial score (nSPS) is 9.86. The van der Waals surface area contributed by atoms with E-state index in [-0.39, 0.29) is 11.2 Å². The molecule has 0 aliphatic rings. The highest BCUT2D eigenvalue weighted by Gasteiger charge is 2.04. The lowest BCUT2D eigenvalue weighted by Gasteiger charge is -2.04. The molecule has 0 heterocycles. The van der Waals surface area contributed by atoms with Crippen LogP contribution in [0.5, 0.6) is 11.5 Å². The quantitative estimate of drug-likeness (QED) is 0.128. The zero-order valence-corrected chi connectivity index (χ0v) is 22.9. The number of rotatable bonds is 13. The van der Waals surface area contributed by atoms with Crippen LogP contribution in [0, 0.1) is 13.8 Å². The van der Waals surface area contributed by atoms with Crippen molar-refractivity contribution >= 4 is 22.8 Å². The summed E-state index contributed by atoms with van der Waals surface area (Å²) in [7, 11) is 0. The van der Waals surface area contributed by atoms with E-state index in [1.54, 1.807) is 12.1 Å². The highest BCUT2D eigenvalue weighted by atomic mass is 35.5. The van der Waals surface area contributed by atoms with Gasteiger partial charge >= 0.3 is 5.97 Å². The molecule has 0 saturated heterocycles. The number of unbranched alkanes of at least 4 members (excludes halogenated alkanes) is 8. The minimum atomic E-state index is -0.198. The lowest BCUT2D eigenvalue weighted by Crippen LogP contribution is -2.07. The van der Waals surface area contributed by atoms with Crippen LogP contribution in [0.3, 0.4) is 0 Å². The van der Waals surface area contributed by atoms with E-state index in [1.165, 1.54) is 49.7 Å². The van der Waals surface area contributed by atoms with E-state index in [9.17, 15) is 9.59 Å². The topological polar surface area (TPSA) is 63.6 Å². The Morgan fingerprint density at radius 2 is 1.11 bits per heavy atom. The number of phenolic OH excluding ortho intramolecular Hbond substituents is 1.